The van der Waals surface area contributed by atoms with E-state index in [1.165, 1.54) is 11.9 Å². The van der Waals surface area contributed by atoms with Gasteiger partial charge in [0.05, 0.1) is 14.2 Å². The van der Waals surface area contributed by atoms with Gasteiger partial charge in [-0.1, -0.05) is 35.3 Å². The summed E-state index contributed by atoms with van der Waals surface area (Å²) in [6.45, 7) is 1.82. The van der Waals surface area contributed by atoms with Crippen molar-refractivity contribution in [3.63, 3.8) is 0 Å². The van der Waals surface area contributed by atoms with Crippen LogP contribution in [0.25, 0.3) is 0 Å². The van der Waals surface area contributed by atoms with E-state index in [1.807, 2.05) is 12.1 Å². The molecule has 0 fully saturated rings. The highest BCUT2D eigenvalue weighted by atomic mass is 35.5. The van der Waals surface area contributed by atoms with E-state index in [2.05, 4.69) is 5.32 Å². The van der Waals surface area contributed by atoms with Gasteiger partial charge in [-0.3, -0.25) is 9.59 Å². The molecule has 0 radical (unpaired) electrons. The normalized spacial score (nSPS) is 11.5. The van der Waals surface area contributed by atoms with Crippen LogP contribution in [-0.4, -0.2) is 44.0 Å². The summed E-state index contributed by atoms with van der Waals surface area (Å²) in [7, 11) is 4.67. The van der Waals surface area contributed by atoms with Gasteiger partial charge in [-0.05, 0) is 43.2 Å². The minimum atomic E-state index is -0.680. The van der Waals surface area contributed by atoms with E-state index in [0.717, 1.165) is 5.56 Å². The smallest absolute Gasteiger partial charge is 0.242 e. The molecule has 0 aliphatic heterocycles. The monoisotopic (exact) mass is 452 g/mol. The van der Waals surface area contributed by atoms with Crippen LogP contribution in [0, 0.1) is 0 Å². The Morgan fingerprint density at radius 3 is 2.27 bits per heavy atom. The molecule has 0 aliphatic carbocycles. The number of carbonyl (C=O) groups excluding carboxylic acids is 2. The van der Waals surface area contributed by atoms with Gasteiger partial charge in [-0.2, -0.15) is 0 Å². The van der Waals surface area contributed by atoms with E-state index in [-0.39, 0.29) is 24.8 Å². The summed E-state index contributed by atoms with van der Waals surface area (Å²) in [5, 5.41) is 3.48. The molecule has 2 amide bonds. The number of rotatable bonds is 9. The van der Waals surface area contributed by atoms with Crippen molar-refractivity contribution in [3.8, 4) is 11.5 Å². The standard InChI is InChI=1S/C22H26Cl2N2O4/c1-14(22(28)25-2)26(13-16-17(23)6-5-7-18(16)24)21(27)11-9-15-8-10-19(29-3)20(12-15)30-4/h5-8,10,12,14H,9,11,13H2,1-4H3,(H,25,28)/t14-/m0/s1. The summed E-state index contributed by atoms with van der Waals surface area (Å²) in [4.78, 5) is 26.8. The predicted octanol–water partition coefficient (Wildman–Crippen LogP) is 4.11. The molecule has 1 N–H and O–H groups in total. The second-order valence-corrected chi connectivity index (χ2v) is 7.52. The lowest BCUT2D eigenvalue weighted by atomic mass is 10.1. The highest BCUT2D eigenvalue weighted by Crippen LogP contribution is 2.29. The zero-order chi connectivity index (χ0) is 22.3. The van der Waals surface area contributed by atoms with Crippen molar-refractivity contribution in [2.45, 2.75) is 32.4 Å². The minimum absolute atomic E-state index is 0.137. The molecule has 0 unspecified atom stereocenters. The Morgan fingerprint density at radius 2 is 1.70 bits per heavy atom. The molecule has 0 saturated carbocycles. The van der Waals surface area contributed by atoms with Gasteiger partial charge in [-0.15, -0.1) is 0 Å². The van der Waals surface area contributed by atoms with Crippen LogP contribution in [0.15, 0.2) is 36.4 Å². The number of aryl methyl sites for hydroxylation is 1. The number of carbonyl (C=O) groups is 2. The first kappa shape index (κ1) is 23.8. The highest BCUT2D eigenvalue weighted by Gasteiger charge is 2.26. The van der Waals surface area contributed by atoms with E-state index >= 15 is 0 Å². The predicted molar refractivity (Wildman–Crippen MR) is 118 cm³/mol. The third kappa shape index (κ3) is 5.80. The van der Waals surface area contributed by atoms with Crippen LogP contribution in [0.2, 0.25) is 10.0 Å². The Kier molecular flexibility index (Phi) is 8.81. The van der Waals surface area contributed by atoms with Crippen molar-refractivity contribution >= 4 is 35.0 Å². The molecular weight excluding hydrogens is 427 g/mol. The number of hydrogen-bond acceptors (Lipinski definition) is 4. The van der Waals surface area contributed by atoms with E-state index < -0.39 is 6.04 Å². The molecule has 8 heteroatoms. The molecular formula is C22H26Cl2N2O4. The second kappa shape index (κ2) is 11.1. The number of hydrogen-bond donors (Lipinski definition) is 1. The quantitative estimate of drug-likeness (QED) is 0.621. The van der Waals surface area contributed by atoms with Crippen LogP contribution in [0.3, 0.4) is 0 Å². The zero-order valence-electron chi connectivity index (χ0n) is 17.5. The molecule has 0 spiro atoms. The molecule has 0 bridgehead atoms. The molecule has 6 nitrogen and oxygen atoms in total. The molecule has 30 heavy (non-hydrogen) atoms. The van der Waals surface area contributed by atoms with Crippen molar-refractivity contribution in [2.75, 3.05) is 21.3 Å². The van der Waals surface area contributed by atoms with Crippen molar-refractivity contribution in [2.24, 2.45) is 0 Å². The summed E-state index contributed by atoms with van der Waals surface area (Å²) in [5.41, 5.74) is 1.53. The van der Waals surface area contributed by atoms with Crippen LogP contribution in [0.5, 0.6) is 11.5 Å². The number of amides is 2. The van der Waals surface area contributed by atoms with Gasteiger partial charge in [-0.25, -0.2) is 0 Å². The number of halogens is 2. The van der Waals surface area contributed by atoms with Crippen molar-refractivity contribution in [3.05, 3.63) is 57.6 Å². The summed E-state index contributed by atoms with van der Waals surface area (Å²) in [6.07, 6.45) is 0.686. The molecule has 0 saturated heterocycles. The second-order valence-electron chi connectivity index (χ2n) is 6.70. The highest BCUT2D eigenvalue weighted by molar-refractivity contribution is 6.36. The van der Waals surface area contributed by atoms with Gasteiger partial charge < -0.3 is 19.7 Å². The maximum Gasteiger partial charge on any atom is 0.242 e. The van der Waals surface area contributed by atoms with Crippen molar-refractivity contribution < 1.29 is 19.1 Å². The summed E-state index contributed by atoms with van der Waals surface area (Å²) < 4.78 is 10.6. The largest absolute Gasteiger partial charge is 0.493 e. The number of ether oxygens (including phenoxy) is 2. The van der Waals surface area contributed by atoms with Crippen LogP contribution in [-0.2, 0) is 22.6 Å². The Balaban J connectivity index is 2.21. The minimum Gasteiger partial charge on any atom is -0.493 e. The average Bonchev–Trinajstić information content (AvgIpc) is 2.76. The summed E-state index contributed by atoms with van der Waals surface area (Å²) in [6, 6.07) is 9.99. The fraction of sp³-hybridized carbons (Fsp3) is 0.364. The fourth-order valence-electron chi connectivity index (χ4n) is 3.08. The third-order valence-corrected chi connectivity index (χ3v) is 5.59. The number of benzene rings is 2. The summed E-state index contributed by atoms with van der Waals surface area (Å²) >= 11 is 12.6. The van der Waals surface area contributed by atoms with Crippen LogP contribution >= 0.6 is 23.2 Å². The Hall–Kier alpha value is -2.44. The molecule has 1 atom stereocenters. The van der Waals surface area contributed by atoms with Gasteiger partial charge in [0.15, 0.2) is 11.5 Å². The molecule has 0 aromatic heterocycles. The number of likely N-dealkylation sites (N-methyl/N-ethyl adjacent to an activating group) is 1. The van der Waals surface area contributed by atoms with Gasteiger partial charge >= 0.3 is 0 Å². The van der Waals surface area contributed by atoms with Gasteiger partial charge in [0.1, 0.15) is 6.04 Å². The van der Waals surface area contributed by atoms with E-state index in [0.29, 0.717) is 33.5 Å². The van der Waals surface area contributed by atoms with Crippen LogP contribution in [0.1, 0.15) is 24.5 Å². The summed E-state index contributed by atoms with van der Waals surface area (Å²) in [5.74, 6) is 0.770. The van der Waals surface area contributed by atoms with Gasteiger partial charge in [0.25, 0.3) is 0 Å². The Morgan fingerprint density at radius 1 is 1.07 bits per heavy atom. The fourth-order valence-corrected chi connectivity index (χ4v) is 3.59. The van der Waals surface area contributed by atoms with Gasteiger partial charge in [0, 0.05) is 35.6 Å². The lowest BCUT2D eigenvalue weighted by molar-refractivity contribution is -0.140. The first-order valence-corrected chi connectivity index (χ1v) is 10.2. The van der Waals surface area contributed by atoms with Crippen LogP contribution in [0.4, 0.5) is 0 Å². The molecule has 0 aliphatic rings. The molecule has 162 valence electrons. The van der Waals surface area contributed by atoms with Crippen LogP contribution < -0.4 is 14.8 Å². The van der Waals surface area contributed by atoms with E-state index in [4.69, 9.17) is 32.7 Å². The van der Waals surface area contributed by atoms with Crippen molar-refractivity contribution in [1.29, 1.82) is 0 Å². The van der Waals surface area contributed by atoms with Gasteiger partial charge in [0.2, 0.25) is 11.8 Å². The number of methoxy groups -OCH3 is 2. The van der Waals surface area contributed by atoms with E-state index in [1.54, 1.807) is 45.4 Å². The van der Waals surface area contributed by atoms with E-state index in [9.17, 15) is 9.59 Å². The first-order valence-electron chi connectivity index (χ1n) is 9.47. The van der Waals surface area contributed by atoms with Crippen molar-refractivity contribution in [1.82, 2.24) is 10.2 Å². The lowest BCUT2D eigenvalue weighted by Crippen LogP contribution is -2.46. The zero-order valence-corrected chi connectivity index (χ0v) is 19.0. The third-order valence-electron chi connectivity index (χ3n) is 4.88. The molecule has 2 rings (SSSR count). The molecule has 2 aromatic carbocycles. The first-order chi connectivity index (χ1) is 14.3. The topological polar surface area (TPSA) is 67.9 Å². The molecule has 0 heterocycles. The maximum absolute atomic E-state index is 13.1. The maximum atomic E-state index is 13.1. The Labute approximate surface area is 187 Å². The number of nitrogens with one attached hydrogen (secondary N) is 1. The molecule has 2 aromatic rings. The number of nitrogens with zero attached hydrogens (tertiary/aromatic N) is 1. The Bertz CT molecular complexity index is 884. The average molecular weight is 453 g/mol. The lowest BCUT2D eigenvalue weighted by Gasteiger charge is -2.29. The SMILES string of the molecule is CNC(=O)[C@H](C)N(Cc1c(Cl)cccc1Cl)C(=O)CCc1ccc(OC)c(OC)c1.